The number of hydrogen-bond donors (Lipinski definition) is 2. The predicted octanol–water partition coefficient (Wildman–Crippen LogP) is 3.37. The van der Waals surface area contributed by atoms with E-state index in [9.17, 15) is 9.59 Å². The average molecular weight is 421 g/mol. The maximum Gasteiger partial charge on any atom is 0.256 e. The second-order valence-electron chi connectivity index (χ2n) is 7.45. The fourth-order valence-electron chi connectivity index (χ4n) is 3.56. The molecule has 0 bridgehead atoms. The highest BCUT2D eigenvalue weighted by molar-refractivity contribution is 7.99. The van der Waals surface area contributed by atoms with Gasteiger partial charge in [-0.2, -0.15) is 0 Å². The Morgan fingerprint density at radius 3 is 2.83 bits per heavy atom. The summed E-state index contributed by atoms with van der Waals surface area (Å²) in [6.45, 7) is 4.24. The number of H-pyrrole nitrogens is 1. The van der Waals surface area contributed by atoms with Crippen molar-refractivity contribution in [1.82, 2.24) is 14.9 Å². The van der Waals surface area contributed by atoms with Crippen molar-refractivity contribution in [1.29, 1.82) is 0 Å². The van der Waals surface area contributed by atoms with Gasteiger partial charge in [-0.25, -0.2) is 4.98 Å². The zero-order valence-corrected chi connectivity index (χ0v) is 17.7. The lowest BCUT2D eigenvalue weighted by Gasteiger charge is -2.27. The Morgan fingerprint density at radius 1 is 1.20 bits per heavy atom. The smallest absolute Gasteiger partial charge is 0.256 e. The van der Waals surface area contributed by atoms with E-state index in [0.29, 0.717) is 11.7 Å². The molecule has 7 heteroatoms. The van der Waals surface area contributed by atoms with Gasteiger partial charge >= 0.3 is 0 Å². The first-order valence-corrected chi connectivity index (χ1v) is 10.9. The maximum absolute atomic E-state index is 12.6. The lowest BCUT2D eigenvalue weighted by Crippen LogP contribution is -2.35. The molecule has 2 aromatic carbocycles. The molecule has 3 aromatic rings. The molecule has 0 fully saturated rings. The number of carbonyl (C=O) groups excluding carboxylic acids is 1. The number of thioether (sulfide) groups is 1. The van der Waals surface area contributed by atoms with Gasteiger partial charge in [-0.05, 0) is 30.2 Å². The van der Waals surface area contributed by atoms with Gasteiger partial charge in [0.05, 0.1) is 17.0 Å². The molecule has 30 heavy (non-hydrogen) atoms. The molecule has 0 aliphatic carbocycles. The topological polar surface area (TPSA) is 78.1 Å². The van der Waals surface area contributed by atoms with Crippen molar-refractivity contribution in [2.75, 3.05) is 17.6 Å². The van der Waals surface area contributed by atoms with E-state index in [0.717, 1.165) is 42.0 Å². The van der Waals surface area contributed by atoms with Crippen LogP contribution in [0.2, 0.25) is 0 Å². The summed E-state index contributed by atoms with van der Waals surface area (Å²) in [4.78, 5) is 34.6. The lowest BCUT2D eigenvalue weighted by molar-refractivity contribution is -0.113. The van der Waals surface area contributed by atoms with Crippen LogP contribution in [0, 0.1) is 6.92 Å². The number of amides is 1. The number of rotatable bonds is 6. The number of benzene rings is 2. The summed E-state index contributed by atoms with van der Waals surface area (Å²) in [6, 6.07) is 17.9. The second kappa shape index (κ2) is 9.28. The fraction of sp³-hybridized carbons (Fsp3) is 0.261. The molecule has 1 aliphatic heterocycles. The fourth-order valence-corrected chi connectivity index (χ4v) is 4.24. The number of nitrogens with one attached hydrogen (secondary N) is 2. The van der Waals surface area contributed by atoms with Crippen LogP contribution in [0.5, 0.6) is 0 Å². The average Bonchev–Trinajstić information content (AvgIpc) is 2.73. The highest BCUT2D eigenvalue weighted by Gasteiger charge is 2.21. The van der Waals surface area contributed by atoms with E-state index >= 15 is 0 Å². The standard InChI is InChI=1S/C23H24N4O2S/c1-16-6-5-9-18(12-16)24-21(28)15-30-23-25-20-10-11-27(14-19(20)22(29)26-23)13-17-7-3-2-4-8-17/h2-9,12H,10-11,13-15H2,1H3,(H,24,28)(H,25,26,29). The molecule has 0 saturated heterocycles. The first-order valence-electron chi connectivity index (χ1n) is 9.94. The monoisotopic (exact) mass is 420 g/mol. The van der Waals surface area contributed by atoms with Crippen molar-refractivity contribution in [3.8, 4) is 0 Å². The van der Waals surface area contributed by atoms with Crippen LogP contribution in [0.1, 0.15) is 22.4 Å². The summed E-state index contributed by atoms with van der Waals surface area (Å²) in [5.74, 6) is 0.0653. The summed E-state index contributed by atoms with van der Waals surface area (Å²) >= 11 is 1.25. The summed E-state index contributed by atoms with van der Waals surface area (Å²) in [5, 5.41) is 3.37. The van der Waals surface area contributed by atoms with Gasteiger partial charge in [0.15, 0.2) is 5.16 Å². The van der Waals surface area contributed by atoms with Crippen LogP contribution >= 0.6 is 11.8 Å². The van der Waals surface area contributed by atoms with E-state index in [1.807, 2.05) is 49.4 Å². The first kappa shape index (κ1) is 20.4. The maximum atomic E-state index is 12.6. The molecule has 1 amide bonds. The van der Waals surface area contributed by atoms with Gasteiger partial charge in [-0.1, -0.05) is 54.2 Å². The van der Waals surface area contributed by atoms with Crippen LogP contribution < -0.4 is 10.9 Å². The Labute approximate surface area is 179 Å². The molecule has 1 aromatic heterocycles. The Bertz CT molecular complexity index is 1100. The molecule has 4 rings (SSSR count). The lowest BCUT2D eigenvalue weighted by atomic mass is 10.1. The van der Waals surface area contributed by atoms with Crippen molar-refractivity contribution in [3.05, 3.63) is 87.3 Å². The molecule has 2 N–H and O–H groups in total. The number of anilines is 1. The van der Waals surface area contributed by atoms with Gasteiger partial charge < -0.3 is 10.3 Å². The summed E-state index contributed by atoms with van der Waals surface area (Å²) in [5.41, 5.74) is 4.54. The number of nitrogens with zero attached hydrogens (tertiary/aromatic N) is 2. The van der Waals surface area contributed by atoms with Gasteiger partial charge in [0.25, 0.3) is 5.56 Å². The Morgan fingerprint density at radius 2 is 2.03 bits per heavy atom. The largest absolute Gasteiger partial charge is 0.325 e. The molecule has 0 saturated carbocycles. The van der Waals surface area contributed by atoms with Gasteiger partial charge in [0.1, 0.15) is 0 Å². The quantitative estimate of drug-likeness (QED) is 0.472. The third kappa shape index (κ3) is 5.17. The normalized spacial score (nSPS) is 13.6. The van der Waals surface area contributed by atoms with Crippen LogP contribution in [-0.4, -0.2) is 33.1 Å². The third-order valence-corrected chi connectivity index (χ3v) is 5.89. The highest BCUT2D eigenvalue weighted by atomic mass is 32.2. The van der Waals surface area contributed by atoms with E-state index in [2.05, 4.69) is 32.3 Å². The minimum atomic E-state index is -0.125. The van der Waals surface area contributed by atoms with Crippen molar-refractivity contribution >= 4 is 23.4 Å². The molecule has 0 unspecified atom stereocenters. The number of fused-ring (bicyclic) bond motifs is 1. The summed E-state index contributed by atoms with van der Waals surface area (Å²) in [6.07, 6.45) is 0.731. The van der Waals surface area contributed by atoms with E-state index in [-0.39, 0.29) is 17.2 Å². The van der Waals surface area contributed by atoms with Gasteiger partial charge in [0.2, 0.25) is 5.91 Å². The summed E-state index contributed by atoms with van der Waals surface area (Å²) < 4.78 is 0. The number of carbonyl (C=O) groups is 1. The minimum Gasteiger partial charge on any atom is -0.325 e. The second-order valence-corrected chi connectivity index (χ2v) is 8.41. The predicted molar refractivity (Wildman–Crippen MR) is 120 cm³/mol. The van der Waals surface area contributed by atoms with E-state index in [1.54, 1.807) is 0 Å². The van der Waals surface area contributed by atoms with Crippen molar-refractivity contribution in [2.24, 2.45) is 0 Å². The Hall–Kier alpha value is -2.90. The SMILES string of the molecule is Cc1cccc(NC(=O)CSc2nc3c(c(=O)[nH]2)CN(Cc2ccccc2)CC3)c1. The third-order valence-electron chi connectivity index (χ3n) is 5.02. The van der Waals surface area contributed by atoms with Gasteiger partial charge in [0, 0.05) is 31.7 Å². The molecular formula is C23H24N4O2S. The Balaban J connectivity index is 1.37. The van der Waals surface area contributed by atoms with E-state index in [4.69, 9.17) is 0 Å². The number of aryl methyl sites for hydroxylation is 1. The van der Waals surface area contributed by atoms with Gasteiger partial charge in [-0.15, -0.1) is 0 Å². The van der Waals surface area contributed by atoms with Crippen LogP contribution in [0.15, 0.2) is 64.5 Å². The zero-order valence-electron chi connectivity index (χ0n) is 16.9. The van der Waals surface area contributed by atoms with Crippen molar-refractivity contribution < 1.29 is 4.79 Å². The van der Waals surface area contributed by atoms with Crippen LogP contribution in [-0.2, 0) is 24.3 Å². The van der Waals surface area contributed by atoms with Crippen molar-refractivity contribution in [3.63, 3.8) is 0 Å². The molecule has 0 spiro atoms. The van der Waals surface area contributed by atoms with Crippen molar-refractivity contribution in [2.45, 2.75) is 31.6 Å². The molecular weight excluding hydrogens is 396 g/mol. The van der Waals surface area contributed by atoms with E-state index in [1.165, 1.54) is 17.3 Å². The van der Waals surface area contributed by atoms with Gasteiger partial charge in [-0.3, -0.25) is 14.5 Å². The number of aromatic nitrogens is 2. The molecule has 6 nitrogen and oxygen atoms in total. The molecule has 0 radical (unpaired) electrons. The highest BCUT2D eigenvalue weighted by Crippen LogP contribution is 2.20. The molecule has 2 heterocycles. The zero-order chi connectivity index (χ0) is 20.9. The Kier molecular flexibility index (Phi) is 6.30. The van der Waals surface area contributed by atoms with Crippen LogP contribution in [0.3, 0.4) is 0 Å². The number of hydrogen-bond acceptors (Lipinski definition) is 5. The summed E-state index contributed by atoms with van der Waals surface area (Å²) in [7, 11) is 0. The number of aromatic amines is 1. The molecule has 154 valence electrons. The molecule has 0 atom stereocenters. The first-order chi connectivity index (χ1) is 14.6. The molecule has 1 aliphatic rings. The van der Waals surface area contributed by atoms with Crippen LogP contribution in [0.25, 0.3) is 0 Å². The minimum absolute atomic E-state index is 0.112. The van der Waals surface area contributed by atoms with E-state index < -0.39 is 0 Å². The van der Waals surface area contributed by atoms with Crippen LogP contribution in [0.4, 0.5) is 5.69 Å².